The van der Waals surface area contributed by atoms with Gasteiger partial charge in [0, 0.05) is 22.6 Å². The molecule has 0 saturated heterocycles. The van der Waals surface area contributed by atoms with E-state index in [9.17, 15) is 14.5 Å². The average molecular weight is 418 g/mol. The van der Waals surface area contributed by atoms with Gasteiger partial charge in [-0.15, -0.1) is 4.91 Å². The van der Waals surface area contributed by atoms with E-state index in [1.165, 1.54) is 0 Å². The van der Waals surface area contributed by atoms with Gasteiger partial charge in [-0.1, -0.05) is 32.0 Å². The van der Waals surface area contributed by atoms with E-state index in [4.69, 9.17) is 9.72 Å². The fourth-order valence-corrected chi connectivity index (χ4v) is 4.53. The summed E-state index contributed by atoms with van der Waals surface area (Å²) in [5.41, 5.74) is 4.74. The number of fused-ring (bicyclic) bond motifs is 5. The van der Waals surface area contributed by atoms with Crippen LogP contribution in [-0.4, -0.2) is 28.1 Å². The van der Waals surface area contributed by atoms with Crippen LogP contribution in [0.15, 0.2) is 40.3 Å². The highest BCUT2D eigenvalue weighted by molar-refractivity contribution is 5.88. The third kappa shape index (κ3) is 3.06. The third-order valence-corrected chi connectivity index (χ3v) is 6.01. The van der Waals surface area contributed by atoms with E-state index in [1.54, 1.807) is 10.6 Å². The number of aromatic nitrogens is 2. The van der Waals surface area contributed by atoms with Gasteiger partial charge in [0.05, 0.1) is 29.0 Å². The minimum Gasteiger partial charge on any atom is -0.459 e. The van der Waals surface area contributed by atoms with Gasteiger partial charge in [0.1, 0.15) is 6.61 Å². The monoisotopic (exact) mass is 418 g/mol. The number of esters is 1. The van der Waals surface area contributed by atoms with Crippen molar-refractivity contribution < 1.29 is 9.53 Å². The SMILES string of the molecule is CC(C)NCCc1c2c(nc3ccccc13)-c1cc3c(c(=O)n1C2)COC(=O)C3N=O. The molecule has 1 unspecified atom stereocenters. The number of carbonyl (C=O) groups excluding carboxylic acids is 1. The minimum atomic E-state index is -1.32. The van der Waals surface area contributed by atoms with Crippen LogP contribution in [-0.2, 0) is 29.1 Å². The summed E-state index contributed by atoms with van der Waals surface area (Å²) in [6, 6.07) is 8.72. The molecule has 1 atom stereocenters. The summed E-state index contributed by atoms with van der Waals surface area (Å²) < 4.78 is 6.68. The van der Waals surface area contributed by atoms with Crippen LogP contribution < -0.4 is 10.9 Å². The molecule has 0 aliphatic carbocycles. The lowest BCUT2D eigenvalue weighted by atomic mass is 9.96. The molecule has 0 bridgehead atoms. The Morgan fingerprint density at radius 1 is 1.26 bits per heavy atom. The van der Waals surface area contributed by atoms with E-state index >= 15 is 0 Å². The van der Waals surface area contributed by atoms with E-state index in [1.807, 2.05) is 18.2 Å². The number of carbonyl (C=O) groups is 1. The Hall–Kier alpha value is -3.39. The summed E-state index contributed by atoms with van der Waals surface area (Å²) in [6.45, 7) is 5.28. The Morgan fingerprint density at radius 3 is 2.84 bits per heavy atom. The summed E-state index contributed by atoms with van der Waals surface area (Å²) >= 11 is 0. The lowest BCUT2D eigenvalue weighted by Gasteiger charge is -2.20. The zero-order valence-electron chi connectivity index (χ0n) is 17.3. The highest BCUT2D eigenvalue weighted by Crippen LogP contribution is 2.38. The van der Waals surface area contributed by atoms with E-state index in [0.717, 1.165) is 40.7 Å². The fraction of sp³-hybridized carbons (Fsp3) is 0.348. The molecule has 0 saturated carbocycles. The van der Waals surface area contributed by atoms with Crippen LogP contribution in [0.5, 0.6) is 0 Å². The number of benzene rings is 1. The van der Waals surface area contributed by atoms with Gasteiger partial charge in [0.15, 0.2) is 0 Å². The van der Waals surface area contributed by atoms with Gasteiger partial charge in [-0.2, -0.15) is 0 Å². The molecule has 1 aromatic carbocycles. The van der Waals surface area contributed by atoms with Gasteiger partial charge in [0.2, 0.25) is 6.04 Å². The quantitative estimate of drug-likeness (QED) is 0.395. The summed E-state index contributed by atoms with van der Waals surface area (Å²) in [6.07, 6.45) is 0.798. The largest absolute Gasteiger partial charge is 0.459 e. The maximum absolute atomic E-state index is 13.2. The normalized spacial score (nSPS) is 16.7. The first-order chi connectivity index (χ1) is 15.0. The zero-order chi connectivity index (χ0) is 21.7. The zero-order valence-corrected chi connectivity index (χ0v) is 17.3. The molecule has 4 heterocycles. The Bertz CT molecular complexity index is 1290. The first kappa shape index (κ1) is 19.6. The van der Waals surface area contributed by atoms with Crippen molar-refractivity contribution in [2.45, 2.75) is 45.5 Å². The average Bonchev–Trinajstić information content (AvgIpc) is 3.12. The predicted molar refractivity (Wildman–Crippen MR) is 116 cm³/mol. The van der Waals surface area contributed by atoms with Crippen LogP contribution in [0.2, 0.25) is 0 Å². The van der Waals surface area contributed by atoms with Crippen molar-refractivity contribution in [1.29, 1.82) is 0 Å². The molecule has 158 valence electrons. The Kier molecular flexibility index (Phi) is 4.66. The number of nitrogens with zero attached hydrogens (tertiary/aromatic N) is 3. The molecule has 31 heavy (non-hydrogen) atoms. The molecule has 0 radical (unpaired) electrons. The summed E-state index contributed by atoms with van der Waals surface area (Å²) in [5.74, 6) is -0.725. The lowest BCUT2D eigenvalue weighted by molar-refractivity contribution is -0.148. The second-order valence-electron chi connectivity index (χ2n) is 8.26. The highest BCUT2D eigenvalue weighted by Gasteiger charge is 2.36. The highest BCUT2D eigenvalue weighted by atomic mass is 16.5. The molecular formula is C23H22N4O4. The molecule has 2 aliphatic heterocycles. The molecule has 3 aromatic rings. The second kappa shape index (κ2) is 7.39. The van der Waals surface area contributed by atoms with Crippen LogP contribution in [0.1, 0.15) is 42.1 Å². The molecule has 8 nitrogen and oxygen atoms in total. The van der Waals surface area contributed by atoms with Gasteiger partial charge in [-0.3, -0.25) is 4.79 Å². The first-order valence-electron chi connectivity index (χ1n) is 10.4. The van der Waals surface area contributed by atoms with Crippen molar-refractivity contribution >= 4 is 16.9 Å². The van der Waals surface area contributed by atoms with Crippen molar-refractivity contribution in [3.8, 4) is 11.4 Å². The predicted octanol–water partition coefficient (Wildman–Crippen LogP) is 2.83. The van der Waals surface area contributed by atoms with Crippen molar-refractivity contribution in [1.82, 2.24) is 14.9 Å². The van der Waals surface area contributed by atoms with Crippen molar-refractivity contribution in [3.63, 3.8) is 0 Å². The van der Waals surface area contributed by atoms with Crippen LogP contribution in [0.4, 0.5) is 0 Å². The van der Waals surface area contributed by atoms with Gasteiger partial charge >= 0.3 is 5.97 Å². The van der Waals surface area contributed by atoms with Gasteiger partial charge < -0.3 is 14.6 Å². The smallest absolute Gasteiger partial charge is 0.339 e. The number of hydrogen-bond donors (Lipinski definition) is 1. The van der Waals surface area contributed by atoms with Crippen molar-refractivity contribution in [3.05, 3.63) is 67.8 Å². The van der Waals surface area contributed by atoms with Crippen molar-refractivity contribution in [2.24, 2.45) is 5.18 Å². The number of nitrogens with one attached hydrogen (secondary N) is 1. The summed E-state index contributed by atoms with van der Waals surface area (Å²) in [7, 11) is 0. The number of ether oxygens (including phenoxy) is 1. The Labute approximate surface area is 178 Å². The van der Waals surface area contributed by atoms with Crippen LogP contribution >= 0.6 is 0 Å². The van der Waals surface area contributed by atoms with E-state index in [-0.39, 0.29) is 12.2 Å². The van der Waals surface area contributed by atoms with Crippen LogP contribution in [0, 0.1) is 4.91 Å². The first-order valence-corrected chi connectivity index (χ1v) is 10.4. The standard InChI is InChI=1S/C23H22N4O4/c1-12(2)24-8-7-13-14-5-3-4-6-18(14)25-20-16(13)10-27-19(20)9-15-17(22(27)28)11-31-23(29)21(15)26-30/h3-6,9,12,21,24H,7-8,10-11H2,1-2H3. The van der Waals surface area contributed by atoms with Gasteiger partial charge in [-0.05, 0) is 35.8 Å². The third-order valence-electron chi connectivity index (χ3n) is 6.01. The summed E-state index contributed by atoms with van der Waals surface area (Å²) in [5, 5.41) is 7.44. The number of para-hydroxylation sites is 1. The lowest BCUT2D eigenvalue weighted by Crippen LogP contribution is -2.32. The molecule has 1 N–H and O–H groups in total. The molecule has 0 spiro atoms. The summed E-state index contributed by atoms with van der Waals surface area (Å²) in [4.78, 5) is 41.4. The molecule has 0 amide bonds. The van der Waals surface area contributed by atoms with Crippen LogP contribution in [0.3, 0.4) is 0 Å². The van der Waals surface area contributed by atoms with Gasteiger partial charge in [0.25, 0.3) is 5.56 Å². The molecule has 0 fully saturated rings. The van der Waals surface area contributed by atoms with Gasteiger partial charge in [-0.25, -0.2) is 9.78 Å². The molecule has 2 aliphatic rings. The molecule has 8 heteroatoms. The number of hydrogen-bond acceptors (Lipinski definition) is 7. The number of pyridine rings is 2. The fourth-order valence-electron chi connectivity index (χ4n) is 4.53. The molecule has 2 aromatic heterocycles. The topological polar surface area (TPSA) is 103 Å². The maximum Gasteiger partial charge on any atom is 0.339 e. The molecule has 5 rings (SSSR count). The second-order valence-corrected chi connectivity index (χ2v) is 8.26. The van der Waals surface area contributed by atoms with E-state index in [0.29, 0.717) is 29.4 Å². The van der Waals surface area contributed by atoms with Crippen LogP contribution in [0.25, 0.3) is 22.3 Å². The Morgan fingerprint density at radius 2 is 2.06 bits per heavy atom. The Balaban J connectivity index is 1.71. The number of nitroso groups, excluding NO2 is 1. The van der Waals surface area contributed by atoms with E-state index < -0.39 is 12.0 Å². The van der Waals surface area contributed by atoms with Crippen molar-refractivity contribution in [2.75, 3.05) is 6.54 Å². The minimum absolute atomic E-state index is 0.143. The number of cyclic esters (lactones) is 1. The van der Waals surface area contributed by atoms with E-state index in [2.05, 4.69) is 30.4 Å². The number of rotatable bonds is 5. The maximum atomic E-state index is 13.2. The molecular weight excluding hydrogens is 396 g/mol.